The van der Waals surface area contributed by atoms with Crippen LogP contribution in [-0.2, 0) is 9.59 Å². The minimum absolute atomic E-state index is 0.0526. The van der Waals surface area contributed by atoms with Gasteiger partial charge in [-0.25, -0.2) is 0 Å². The highest BCUT2D eigenvalue weighted by Crippen LogP contribution is 2.17. The molecule has 3 N–H and O–H groups in total. The highest BCUT2D eigenvalue weighted by Gasteiger charge is 2.19. The number of hydrogen-bond acceptors (Lipinski definition) is 2. The highest BCUT2D eigenvalue weighted by atomic mass is 16.2. The van der Waals surface area contributed by atoms with E-state index in [9.17, 15) is 9.59 Å². The number of amides is 2. The third kappa shape index (κ3) is 3.36. The first-order valence-corrected chi connectivity index (χ1v) is 5.18. The van der Waals surface area contributed by atoms with Gasteiger partial charge in [-0.15, -0.1) is 0 Å². The summed E-state index contributed by atoms with van der Waals surface area (Å²) < 4.78 is 0. The molecule has 2 amide bonds. The predicted octanol–water partition coefficient (Wildman–Crippen LogP) is 0.557. The first kappa shape index (κ1) is 11.0. The van der Waals surface area contributed by atoms with Gasteiger partial charge in [0.05, 0.1) is 0 Å². The molecule has 0 aliphatic heterocycles. The molecule has 1 aliphatic carbocycles. The van der Waals surface area contributed by atoms with Crippen molar-refractivity contribution in [3.8, 4) is 0 Å². The summed E-state index contributed by atoms with van der Waals surface area (Å²) in [5, 5.41) is 2.92. The maximum absolute atomic E-state index is 11.4. The minimum atomic E-state index is -0.411. The van der Waals surface area contributed by atoms with Crippen molar-refractivity contribution in [2.24, 2.45) is 11.7 Å². The number of rotatable bonds is 4. The molecule has 1 rings (SSSR count). The van der Waals surface area contributed by atoms with Gasteiger partial charge in [0.15, 0.2) is 0 Å². The number of nitrogens with two attached hydrogens (primary N) is 1. The Morgan fingerprint density at radius 1 is 1.43 bits per heavy atom. The van der Waals surface area contributed by atoms with Crippen LogP contribution in [0.3, 0.4) is 0 Å². The average molecular weight is 198 g/mol. The van der Waals surface area contributed by atoms with Gasteiger partial charge in [0.2, 0.25) is 11.8 Å². The van der Waals surface area contributed by atoms with E-state index in [1.165, 1.54) is 12.8 Å². The third-order valence-electron chi connectivity index (χ3n) is 2.70. The summed E-state index contributed by atoms with van der Waals surface area (Å²) in [4.78, 5) is 22.1. The van der Waals surface area contributed by atoms with E-state index in [-0.39, 0.29) is 18.2 Å². The maximum Gasteiger partial charge on any atom is 0.221 e. The Labute approximate surface area is 84.2 Å². The van der Waals surface area contributed by atoms with Gasteiger partial charge in [0, 0.05) is 18.4 Å². The van der Waals surface area contributed by atoms with Crippen molar-refractivity contribution in [3.63, 3.8) is 0 Å². The molecule has 1 fully saturated rings. The largest absolute Gasteiger partial charge is 0.369 e. The predicted molar refractivity (Wildman–Crippen MR) is 53.4 cm³/mol. The van der Waals surface area contributed by atoms with Gasteiger partial charge >= 0.3 is 0 Å². The first-order chi connectivity index (χ1) is 6.59. The summed E-state index contributed by atoms with van der Waals surface area (Å²) >= 11 is 0. The van der Waals surface area contributed by atoms with Crippen LogP contribution >= 0.6 is 0 Å². The van der Waals surface area contributed by atoms with E-state index in [4.69, 9.17) is 5.73 Å². The SMILES string of the molecule is CC(CC(=O)NC1CCCC1)C(N)=O. The van der Waals surface area contributed by atoms with Crippen molar-refractivity contribution in [1.82, 2.24) is 5.32 Å². The topological polar surface area (TPSA) is 72.2 Å². The Hall–Kier alpha value is -1.06. The van der Waals surface area contributed by atoms with Crippen LogP contribution in [0.15, 0.2) is 0 Å². The zero-order chi connectivity index (χ0) is 10.6. The first-order valence-electron chi connectivity index (χ1n) is 5.18. The van der Waals surface area contributed by atoms with Crippen LogP contribution in [0.1, 0.15) is 39.0 Å². The summed E-state index contributed by atoms with van der Waals surface area (Å²) in [6, 6.07) is 0.322. The molecule has 0 aromatic heterocycles. The molecule has 1 atom stereocenters. The monoisotopic (exact) mass is 198 g/mol. The minimum Gasteiger partial charge on any atom is -0.369 e. The van der Waals surface area contributed by atoms with Gasteiger partial charge in [0.1, 0.15) is 0 Å². The molecule has 0 saturated heterocycles. The summed E-state index contributed by atoms with van der Waals surface area (Å²) in [5.41, 5.74) is 5.07. The van der Waals surface area contributed by atoms with Crippen LogP contribution in [0, 0.1) is 5.92 Å². The zero-order valence-corrected chi connectivity index (χ0v) is 8.58. The Morgan fingerprint density at radius 3 is 2.50 bits per heavy atom. The van der Waals surface area contributed by atoms with E-state index in [2.05, 4.69) is 5.32 Å². The number of primary amides is 1. The quantitative estimate of drug-likeness (QED) is 0.692. The third-order valence-corrected chi connectivity index (χ3v) is 2.70. The van der Waals surface area contributed by atoms with Crippen LogP contribution < -0.4 is 11.1 Å². The smallest absolute Gasteiger partial charge is 0.221 e. The molecular formula is C10H18N2O2. The number of carbonyl (C=O) groups is 2. The Kier molecular flexibility index (Phi) is 3.92. The van der Waals surface area contributed by atoms with Crippen molar-refractivity contribution in [2.45, 2.75) is 45.1 Å². The van der Waals surface area contributed by atoms with Crippen LogP contribution in [0.5, 0.6) is 0 Å². The lowest BCUT2D eigenvalue weighted by molar-refractivity contribution is -0.128. The molecular weight excluding hydrogens is 180 g/mol. The lowest BCUT2D eigenvalue weighted by atomic mass is 10.1. The van der Waals surface area contributed by atoms with Crippen molar-refractivity contribution in [1.29, 1.82) is 0 Å². The fourth-order valence-electron chi connectivity index (χ4n) is 1.74. The van der Waals surface area contributed by atoms with Gasteiger partial charge in [-0.05, 0) is 12.8 Å². The van der Waals surface area contributed by atoms with Crippen LogP contribution in [0.25, 0.3) is 0 Å². The molecule has 4 nitrogen and oxygen atoms in total. The lowest BCUT2D eigenvalue weighted by Crippen LogP contribution is -2.35. The zero-order valence-electron chi connectivity index (χ0n) is 8.58. The summed E-state index contributed by atoms with van der Waals surface area (Å²) in [7, 11) is 0. The molecule has 0 radical (unpaired) electrons. The van der Waals surface area contributed by atoms with Gasteiger partial charge < -0.3 is 11.1 Å². The molecule has 1 saturated carbocycles. The second kappa shape index (κ2) is 4.98. The molecule has 0 heterocycles. The van der Waals surface area contributed by atoms with Crippen molar-refractivity contribution in [2.75, 3.05) is 0 Å². The standard InChI is InChI=1S/C10H18N2O2/c1-7(10(11)14)6-9(13)12-8-4-2-3-5-8/h7-8H,2-6H2,1H3,(H2,11,14)(H,12,13). The van der Waals surface area contributed by atoms with Crippen LogP contribution in [0.2, 0.25) is 0 Å². The fourth-order valence-corrected chi connectivity index (χ4v) is 1.74. The fraction of sp³-hybridized carbons (Fsp3) is 0.800. The van der Waals surface area contributed by atoms with Crippen molar-refractivity contribution >= 4 is 11.8 Å². The highest BCUT2D eigenvalue weighted by molar-refractivity contribution is 5.84. The van der Waals surface area contributed by atoms with Crippen LogP contribution in [0.4, 0.5) is 0 Å². The van der Waals surface area contributed by atoms with E-state index in [1.54, 1.807) is 6.92 Å². The van der Waals surface area contributed by atoms with E-state index in [1.807, 2.05) is 0 Å². The maximum atomic E-state index is 11.4. The Morgan fingerprint density at radius 2 is 2.00 bits per heavy atom. The molecule has 4 heteroatoms. The summed E-state index contributed by atoms with van der Waals surface area (Å²) in [6.07, 6.45) is 4.73. The molecule has 0 aromatic rings. The Bertz CT molecular complexity index is 222. The second-order valence-electron chi connectivity index (χ2n) is 4.06. The van der Waals surface area contributed by atoms with E-state index in [0.717, 1.165) is 12.8 Å². The number of hydrogen-bond donors (Lipinski definition) is 2. The summed E-state index contributed by atoms with van der Waals surface area (Å²) in [6.45, 7) is 1.68. The molecule has 0 aromatic carbocycles. The normalized spacial score (nSPS) is 19.2. The molecule has 0 bridgehead atoms. The van der Waals surface area contributed by atoms with Gasteiger partial charge in [-0.1, -0.05) is 19.8 Å². The van der Waals surface area contributed by atoms with Crippen molar-refractivity contribution < 1.29 is 9.59 Å². The summed E-state index contributed by atoms with van der Waals surface area (Å²) in [5.74, 6) is -0.828. The average Bonchev–Trinajstić information content (AvgIpc) is 2.56. The van der Waals surface area contributed by atoms with E-state index in [0.29, 0.717) is 6.04 Å². The molecule has 1 unspecified atom stereocenters. The molecule has 14 heavy (non-hydrogen) atoms. The number of nitrogens with one attached hydrogen (secondary N) is 1. The molecule has 0 spiro atoms. The van der Waals surface area contributed by atoms with Gasteiger partial charge in [-0.2, -0.15) is 0 Å². The second-order valence-corrected chi connectivity index (χ2v) is 4.06. The van der Waals surface area contributed by atoms with E-state index >= 15 is 0 Å². The van der Waals surface area contributed by atoms with Crippen molar-refractivity contribution in [3.05, 3.63) is 0 Å². The van der Waals surface area contributed by atoms with Gasteiger partial charge in [-0.3, -0.25) is 9.59 Å². The molecule has 80 valence electrons. The Balaban J connectivity index is 2.24. The van der Waals surface area contributed by atoms with E-state index < -0.39 is 5.91 Å². The van der Waals surface area contributed by atoms with Crippen LogP contribution in [-0.4, -0.2) is 17.9 Å². The number of carbonyl (C=O) groups excluding carboxylic acids is 2. The molecule has 1 aliphatic rings. The lowest BCUT2D eigenvalue weighted by Gasteiger charge is -2.13. The van der Waals surface area contributed by atoms with Gasteiger partial charge in [0.25, 0.3) is 0 Å².